The Morgan fingerprint density at radius 1 is 0.333 bits per heavy atom. The Hall–Kier alpha value is 2.41. The number of ether oxygens (including phenoxy) is 3. The summed E-state index contributed by atoms with van der Waals surface area (Å²) in [4.78, 5) is 0. The van der Waals surface area contributed by atoms with E-state index in [2.05, 4.69) is 69.2 Å². The Bertz CT molecular complexity index is 134. The SMILES string of the molecule is C1CCOC1.C1CCOC1.C1CCOC1.[CH2][CH][CH2].[CH2][CH][CH2].[CH2][CH][CH2].[CH2][CH][CH2].[CH2][CH][CH2].[Li+].[Li+].[Sm]. The van der Waals surface area contributed by atoms with Crippen molar-refractivity contribution in [3.63, 3.8) is 0 Å². The van der Waals surface area contributed by atoms with Gasteiger partial charge >= 0.3 is 37.7 Å². The van der Waals surface area contributed by atoms with E-state index >= 15 is 0 Å². The van der Waals surface area contributed by atoms with Gasteiger partial charge in [0.1, 0.15) is 0 Å². The molecule has 3 saturated heterocycles. The molecule has 3 fully saturated rings. The molecule has 33 heavy (non-hydrogen) atoms. The van der Waals surface area contributed by atoms with Gasteiger partial charge < -0.3 is 14.2 Å². The van der Waals surface area contributed by atoms with Gasteiger partial charge in [-0.3, -0.25) is 0 Å². The van der Waals surface area contributed by atoms with Crippen LogP contribution in [0.3, 0.4) is 0 Å². The molecule has 0 aliphatic carbocycles. The normalized spacial score (nSPS) is 13.6. The molecule has 0 atom stereocenters. The molecule has 3 aliphatic rings. The van der Waals surface area contributed by atoms with Crippen LogP contribution < -0.4 is 37.7 Å². The molecule has 0 aromatic heterocycles. The largest absolute Gasteiger partial charge is 1.00 e. The first-order valence-corrected chi connectivity index (χ1v) is 10.3. The molecule has 6 heteroatoms. The third-order valence-corrected chi connectivity index (χ3v) is 2.48. The summed E-state index contributed by atoms with van der Waals surface area (Å²) >= 11 is 0. The first kappa shape index (κ1) is 55.8. The maximum atomic E-state index is 4.94. The van der Waals surface area contributed by atoms with E-state index in [-0.39, 0.29) is 78.1 Å². The molecule has 3 aliphatic heterocycles. The minimum atomic E-state index is 0. The molecule has 0 amide bonds. The van der Waals surface area contributed by atoms with Crippen LogP contribution in [0.4, 0.5) is 0 Å². The van der Waals surface area contributed by atoms with Crippen LogP contribution in [0.1, 0.15) is 38.5 Å². The predicted octanol–water partition coefficient (Wildman–Crippen LogP) is 0.693. The van der Waals surface area contributed by atoms with Gasteiger partial charge in [0.05, 0.1) is 0 Å². The van der Waals surface area contributed by atoms with E-state index in [0.29, 0.717) is 0 Å². The van der Waals surface area contributed by atoms with Gasteiger partial charge in [-0.25, -0.2) is 0 Å². The average molecular weight is 586 g/mol. The van der Waals surface area contributed by atoms with Gasteiger partial charge in [0.2, 0.25) is 0 Å². The van der Waals surface area contributed by atoms with Crippen molar-refractivity contribution in [2.45, 2.75) is 38.5 Å². The fourth-order valence-electron chi connectivity index (χ4n) is 1.53. The van der Waals surface area contributed by atoms with Crippen LogP contribution in [-0.4, -0.2) is 39.6 Å². The van der Waals surface area contributed by atoms with E-state index in [1.165, 1.54) is 70.6 Å². The van der Waals surface area contributed by atoms with Crippen LogP contribution >= 0.6 is 0 Å². The monoisotopic (exact) mass is 587 g/mol. The summed E-state index contributed by atoms with van der Waals surface area (Å²) in [5.74, 6) is 0. The molecule has 3 heterocycles. The second-order valence-corrected chi connectivity index (χ2v) is 5.40. The van der Waals surface area contributed by atoms with Gasteiger partial charge in [0.15, 0.2) is 0 Å². The van der Waals surface area contributed by atoms with Crippen molar-refractivity contribution in [1.82, 2.24) is 0 Å². The first-order chi connectivity index (χ1) is 14.6. The molecule has 0 aromatic rings. The maximum Gasteiger partial charge on any atom is 1.00 e. The fraction of sp³-hybridized carbons (Fsp3) is 0.444. The van der Waals surface area contributed by atoms with E-state index in [9.17, 15) is 0 Å². The predicted molar refractivity (Wildman–Crippen MR) is 135 cm³/mol. The van der Waals surface area contributed by atoms with Crippen LogP contribution in [-0.2, 0) is 14.2 Å². The minimum absolute atomic E-state index is 0. The van der Waals surface area contributed by atoms with Gasteiger partial charge in [0, 0.05) is 80.0 Å². The van der Waals surface area contributed by atoms with Crippen molar-refractivity contribution >= 4 is 0 Å². The van der Waals surface area contributed by atoms with E-state index in [4.69, 9.17) is 14.2 Å². The van der Waals surface area contributed by atoms with Crippen molar-refractivity contribution in [2.24, 2.45) is 0 Å². The summed E-state index contributed by atoms with van der Waals surface area (Å²) in [6, 6.07) is 0. The summed E-state index contributed by atoms with van der Waals surface area (Å²) in [7, 11) is 0. The number of rotatable bonds is 0. The number of hydrogen-bond donors (Lipinski definition) is 0. The zero-order valence-electron chi connectivity index (χ0n) is 22.1. The van der Waals surface area contributed by atoms with Crippen LogP contribution in [0.2, 0.25) is 0 Å². The molecule has 3 rings (SSSR count). The Kier molecular flexibility index (Phi) is 129. The third kappa shape index (κ3) is 119. The molecule has 0 aromatic carbocycles. The van der Waals surface area contributed by atoms with Gasteiger partial charge in [-0.2, -0.15) is 0 Å². The van der Waals surface area contributed by atoms with Crippen molar-refractivity contribution in [3.05, 3.63) is 101 Å². The third-order valence-electron chi connectivity index (χ3n) is 2.48. The molecule has 15 radical (unpaired) electrons. The van der Waals surface area contributed by atoms with Gasteiger partial charge in [-0.05, 0) is 140 Å². The standard InChI is InChI=1S/3C4H8O.5C3H5.2Li.Sm/c3*1-2-4-5-3-1;5*1-3-2;;;/h3*1-4H2;5*3H,1-2H2;;;/q;;;;;;;;2*+1;. The zero-order valence-corrected chi connectivity index (χ0v) is 24.7. The van der Waals surface area contributed by atoms with Crippen molar-refractivity contribution in [3.8, 4) is 0 Å². The molecule has 0 saturated carbocycles. The maximum absolute atomic E-state index is 4.94. The Morgan fingerprint density at radius 2 is 0.424 bits per heavy atom. The zero-order chi connectivity index (χ0) is 24.1. The smallest absolute Gasteiger partial charge is 0.381 e. The molecule has 0 unspecified atom stereocenters. The van der Waals surface area contributed by atoms with Crippen LogP contribution in [0, 0.1) is 142 Å². The Morgan fingerprint density at radius 3 is 0.455 bits per heavy atom. The molecular weight excluding hydrogens is 537 g/mol. The second kappa shape index (κ2) is 76.5. The molecule has 3 nitrogen and oxygen atoms in total. The van der Waals surface area contributed by atoms with E-state index in [1.54, 1.807) is 0 Å². The summed E-state index contributed by atoms with van der Waals surface area (Å²) in [5, 5.41) is 0. The average Bonchev–Trinajstić information content (AvgIpc) is 3.54. The minimum Gasteiger partial charge on any atom is -0.381 e. The Labute approximate surface area is 269 Å². The van der Waals surface area contributed by atoms with E-state index in [1.807, 2.05) is 0 Å². The van der Waals surface area contributed by atoms with E-state index in [0.717, 1.165) is 39.6 Å². The molecule has 0 bridgehead atoms. The van der Waals surface area contributed by atoms with E-state index < -0.39 is 0 Å². The van der Waals surface area contributed by atoms with Crippen molar-refractivity contribution < 1.29 is 92.3 Å². The fourth-order valence-corrected chi connectivity index (χ4v) is 1.53. The summed E-state index contributed by atoms with van der Waals surface area (Å²) in [6.45, 7) is 38.5. The summed E-state index contributed by atoms with van der Waals surface area (Å²) < 4.78 is 14.8. The molecule has 181 valence electrons. The molecule has 0 N–H and O–H groups in total. The first-order valence-electron chi connectivity index (χ1n) is 10.3. The van der Waals surface area contributed by atoms with Crippen LogP contribution in [0.5, 0.6) is 0 Å². The van der Waals surface area contributed by atoms with Gasteiger partial charge in [0.25, 0.3) is 0 Å². The second-order valence-electron chi connectivity index (χ2n) is 5.40. The van der Waals surface area contributed by atoms with Crippen LogP contribution in [0.25, 0.3) is 0 Å². The molecular formula is C27H49Li2O3Sm+2. The summed E-state index contributed by atoms with van der Waals surface area (Å²) in [6.07, 6.45) is 15.2. The van der Waals surface area contributed by atoms with Crippen molar-refractivity contribution in [2.75, 3.05) is 39.6 Å². The van der Waals surface area contributed by atoms with Crippen LogP contribution in [0.15, 0.2) is 0 Å². The number of hydrogen-bond acceptors (Lipinski definition) is 3. The van der Waals surface area contributed by atoms with Gasteiger partial charge in [-0.1, -0.05) is 0 Å². The molecule has 0 spiro atoms. The Balaban J connectivity index is -0.0000000362. The quantitative estimate of drug-likeness (QED) is 0.392. The van der Waals surface area contributed by atoms with Crippen molar-refractivity contribution in [1.29, 1.82) is 0 Å². The topological polar surface area (TPSA) is 27.7 Å². The summed E-state index contributed by atoms with van der Waals surface area (Å²) in [5.41, 5.74) is 0. The van der Waals surface area contributed by atoms with Gasteiger partial charge in [-0.15, -0.1) is 0 Å².